The molecule has 0 aliphatic rings. The fraction of sp³-hybridized carbons (Fsp3) is 0.231. The highest BCUT2D eigenvalue weighted by Crippen LogP contribution is 2.24. The summed E-state index contributed by atoms with van der Waals surface area (Å²) in [6.45, 7) is 4.25. The van der Waals surface area contributed by atoms with Crippen molar-refractivity contribution in [3.8, 4) is 11.5 Å². The predicted molar refractivity (Wildman–Crippen MR) is 142 cm³/mol. The van der Waals surface area contributed by atoms with Crippen LogP contribution in [0, 0.1) is 0 Å². The van der Waals surface area contributed by atoms with Gasteiger partial charge in [-0.3, -0.25) is 9.10 Å². The van der Waals surface area contributed by atoms with Gasteiger partial charge in [0.15, 0.2) is 0 Å². The zero-order valence-electron chi connectivity index (χ0n) is 20.2. The Bertz CT molecular complexity index is 1280. The number of hydrazone groups is 1. The van der Waals surface area contributed by atoms with Crippen LogP contribution >= 0.6 is 11.6 Å². The summed E-state index contributed by atoms with van der Waals surface area (Å²) >= 11 is 5.89. The van der Waals surface area contributed by atoms with Gasteiger partial charge in [-0.15, -0.1) is 0 Å². The molecule has 0 aromatic heterocycles. The first-order valence-corrected chi connectivity index (χ1v) is 13.4. The van der Waals surface area contributed by atoms with Crippen molar-refractivity contribution in [3.63, 3.8) is 0 Å². The molecule has 3 aromatic rings. The van der Waals surface area contributed by atoms with Gasteiger partial charge >= 0.3 is 0 Å². The molecule has 1 atom stereocenters. The van der Waals surface area contributed by atoms with Gasteiger partial charge in [0.2, 0.25) is 10.0 Å². The lowest BCUT2D eigenvalue weighted by Gasteiger charge is -2.27. The smallest absolute Gasteiger partial charge is 0.263 e. The molecule has 0 saturated heterocycles. The lowest BCUT2D eigenvalue weighted by molar-refractivity contribution is -0.121. The van der Waals surface area contributed by atoms with Gasteiger partial charge in [0, 0.05) is 5.02 Å². The maximum absolute atomic E-state index is 12.7. The topological polar surface area (TPSA) is 97.3 Å². The Morgan fingerprint density at radius 1 is 1.00 bits per heavy atom. The maximum atomic E-state index is 12.7. The van der Waals surface area contributed by atoms with Crippen LogP contribution in [0.4, 0.5) is 5.69 Å². The number of amides is 1. The highest BCUT2D eigenvalue weighted by atomic mass is 35.5. The Labute approximate surface area is 216 Å². The maximum Gasteiger partial charge on any atom is 0.263 e. The van der Waals surface area contributed by atoms with E-state index in [0.29, 0.717) is 35.4 Å². The van der Waals surface area contributed by atoms with E-state index in [2.05, 4.69) is 10.5 Å². The van der Waals surface area contributed by atoms with Crippen molar-refractivity contribution in [2.45, 2.75) is 26.5 Å². The van der Waals surface area contributed by atoms with Crippen molar-refractivity contribution in [3.05, 3.63) is 88.9 Å². The number of carbonyl (C=O) groups excluding carboxylic acids is 1. The van der Waals surface area contributed by atoms with E-state index in [9.17, 15) is 13.2 Å². The summed E-state index contributed by atoms with van der Waals surface area (Å²) in [5.41, 5.74) is 4.48. The molecule has 8 nitrogen and oxygen atoms in total. The SMILES string of the molecule is CCOc1ccc(N([C@@H](C)C(=O)N/N=C\c2ccc(OCc3ccc(Cl)cc3)cc2)S(C)(=O)=O)cc1. The first-order valence-electron chi connectivity index (χ1n) is 11.2. The molecule has 36 heavy (non-hydrogen) atoms. The van der Waals surface area contributed by atoms with Crippen molar-refractivity contribution < 1.29 is 22.7 Å². The van der Waals surface area contributed by atoms with Gasteiger partial charge in [-0.1, -0.05) is 23.7 Å². The second-order valence-corrected chi connectivity index (χ2v) is 10.2. The van der Waals surface area contributed by atoms with Gasteiger partial charge in [0.05, 0.1) is 24.8 Å². The van der Waals surface area contributed by atoms with Crippen molar-refractivity contribution in [2.24, 2.45) is 5.10 Å². The molecule has 0 aliphatic heterocycles. The standard InChI is InChI=1S/C26H28ClN3O5S/c1-4-34-24-15-11-23(12-16-24)30(36(3,32)33)19(2)26(31)29-28-17-20-7-13-25(14-8-20)35-18-21-5-9-22(27)10-6-21/h5-17,19H,4,18H2,1-3H3,(H,29,31)/b28-17-/t19-/m0/s1. The fourth-order valence-corrected chi connectivity index (χ4v) is 4.63. The molecule has 1 amide bonds. The van der Waals surface area contributed by atoms with E-state index in [0.717, 1.165) is 21.7 Å². The van der Waals surface area contributed by atoms with E-state index in [-0.39, 0.29) is 0 Å². The van der Waals surface area contributed by atoms with Crippen molar-refractivity contribution in [1.82, 2.24) is 5.43 Å². The molecule has 0 radical (unpaired) electrons. The van der Waals surface area contributed by atoms with Crippen molar-refractivity contribution in [1.29, 1.82) is 0 Å². The van der Waals surface area contributed by atoms with Gasteiger partial charge in [-0.25, -0.2) is 13.8 Å². The van der Waals surface area contributed by atoms with E-state index in [1.54, 1.807) is 48.5 Å². The average molecular weight is 530 g/mol. The van der Waals surface area contributed by atoms with Gasteiger partial charge in [-0.2, -0.15) is 5.10 Å². The van der Waals surface area contributed by atoms with Crippen LogP contribution in [0.25, 0.3) is 0 Å². The van der Waals surface area contributed by atoms with Crippen LogP contribution in [0.15, 0.2) is 77.9 Å². The number of rotatable bonds is 11. The number of hydrogen-bond donors (Lipinski definition) is 1. The molecule has 1 N–H and O–H groups in total. The highest BCUT2D eigenvalue weighted by molar-refractivity contribution is 7.92. The summed E-state index contributed by atoms with van der Waals surface area (Å²) in [6.07, 6.45) is 2.52. The predicted octanol–water partition coefficient (Wildman–Crippen LogP) is 4.62. The summed E-state index contributed by atoms with van der Waals surface area (Å²) in [4.78, 5) is 12.7. The van der Waals surface area contributed by atoms with E-state index < -0.39 is 22.0 Å². The molecule has 10 heteroatoms. The Hall–Kier alpha value is -3.56. The Morgan fingerprint density at radius 2 is 1.58 bits per heavy atom. The number of anilines is 1. The minimum Gasteiger partial charge on any atom is -0.494 e. The number of hydrogen-bond acceptors (Lipinski definition) is 6. The average Bonchev–Trinajstić information content (AvgIpc) is 2.85. The van der Waals surface area contributed by atoms with Crippen LogP contribution in [-0.4, -0.2) is 39.4 Å². The van der Waals surface area contributed by atoms with Gasteiger partial charge < -0.3 is 9.47 Å². The third kappa shape index (κ3) is 7.73. The van der Waals surface area contributed by atoms with Crippen LogP contribution < -0.4 is 19.2 Å². The van der Waals surface area contributed by atoms with E-state index in [4.69, 9.17) is 21.1 Å². The van der Waals surface area contributed by atoms with Crippen LogP contribution in [0.5, 0.6) is 11.5 Å². The van der Waals surface area contributed by atoms with Gasteiger partial charge in [-0.05, 0) is 85.6 Å². The molecule has 0 heterocycles. The lowest BCUT2D eigenvalue weighted by atomic mass is 10.2. The van der Waals surface area contributed by atoms with Crippen LogP contribution in [0.3, 0.4) is 0 Å². The number of nitrogens with zero attached hydrogens (tertiary/aromatic N) is 2. The summed E-state index contributed by atoms with van der Waals surface area (Å²) in [5.74, 6) is 0.713. The largest absolute Gasteiger partial charge is 0.494 e. The minimum atomic E-state index is -3.74. The van der Waals surface area contributed by atoms with Crippen molar-refractivity contribution in [2.75, 3.05) is 17.2 Å². The molecule has 0 spiro atoms. The second-order valence-electron chi connectivity index (χ2n) is 7.88. The molecule has 0 saturated carbocycles. The Morgan fingerprint density at radius 3 is 2.17 bits per heavy atom. The third-order valence-corrected chi connectivity index (χ3v) is 6.57. The quantitative estimate of drug-likeness (QED) is 0.289. The number of sulfonamides is 1. The first kappa shape index (κ1) is 27.0. The van der Waals surface area contributed by atoms with E-state index >= 15 is 0 Å². The highest BCUT2D eigenvalue weighted by Gasteiger charge is 2.29. The monoisotopic (exact) mass is 529 g/mol. The molecule has 190 valence electrons. The first-order chi connectivity index (χ1) is 17.2. The fourth-order valence-electron chi connectivity index (χ4n) is 3.33. The number of ether oxygens (including phenoxy) is 2. The van der Waals surface area contributed by atoms with E-state index in [1.807, 2.05) is 31.2 Å². The molecule has 3 aromatic carbocycles. The summed E-state index contributed by atoms with van der Waals surface area (Å²) in [7, 11) is -3.74. The van der Waals surface area contributed by atoms with Gasteiger partial charge in [0.25, 0.3) is 5.91 Å². The summed E-state index contributed by atoms with van der Waals surface area (Å²) < 4.78 is 37.1. The van der Waals surface area contributed by atoms with E-state index in [1.165, 1.54) is 13.1 Å². The molecular formula is C26H28ClN3O5S. The number of nitrogens with one attached hydrogen (secondary N) is 1. The Balaban J connectivity index is 1.59. The molecular weight excluding hydrogens is 502 g/mol. The van der Waals surface area contributed by atoms with Gasteiger partial charge in [0.1, 0.15) is 24.1 Å². The second kappa shape index (κ2) is 12.4. The zero-order valence-corrected chi connectivity index (χ0v) is 21.8. The van der Waals surface area contributed by atoms with Crippen LogP contribution in [-0.2, 0) is 21.4 Å². The molecule has 0 bridgehead atoms. The summed E-state index contributed by atoms with van der Waals surface area (Å²) in [5, 5.41) is 4.64. The van der Waals surface area contributed by atoms with Crippen LogP contribution in [0.1, 0.15) is 25.0 Å². The normalized spacial score (nSPS) is 12.2. The minimum absolute atomic E-state index is 0.349. The third-order valence-electron chi connectivity index (χ3n) is 5.08. The number of carbonyl (C=O) groups is 1. The molecule has 3 rings (SSSR count). The molecule has 0 unspecified atom stereocenters. The summed E-state index contributed by atoms with van der Waals surface area (Å²) in [6, 6.07) is 20.0. The van der Waals surface area contributed by atoms with Crippen LogP contribution in [0.2, 0.25) is 5.02 Å². The number of benzene rings is 3. The molecule has 0 aliphatic carbocycles. The molecule has 0 fully saturated rings. The lowest BCUT2D eigenvalue weighted by Crippen LogP contribution is -2.46. The van der Waals surface area contributed by atoms with Crippen molar-refractivity contribution >= 4 is 39.4 Å². The number of halogens is 1. The Kier molecular flexibility index (Phi) is 9.32. The zero-order chi connectivity index (χ0) is 26.1.